The molecule has 2 fully saturated rings. The molecule has 0 saturated carbocycles. The zero-order valence-electron chi connectivity index (χ0n) is 18.5. The van der Waals surface area contributed by atoms with Crippen LogP contribution < -0.4 is 14.4 Å². The summed E-state index contributed by atoms with van der Waals surface area (Å²) in [4.78, 5) is 31.7. The quantitative estimate of drug-likeness (QED) is 0.616. The van der Waals surface area contributed by atoms with Gasteiger partial charge in [-0.3, -0.25) is 19.4 Å². The van der Waals surface area contributed by atoms with E-state index in [1.54, 1.807) is 32.4 Å². The van der Waals surface area contributed by atoms with Crippen LogP contribution in [0, 0.1) is 6.92 Å². The molecular formula is C24H27N3O4S. The van der Waals surface area contributed by atoms with E-state index >= 15 is 0 Å². The molecule has 2 aliphatic heterocycles. The Morgan fingerprint density at radius 1 is 0.969 bits per heavy atom. The van der Waals surface area contributed by atoms with E-state index in [0.29, 0.717) is 23.1 Å². The number of imide groups is 1. The van der Waals surface area contributed by atoms with Crippen molar-refractivity contribution in [2.45, 2.75) is 6.92 Å². The van der Waals surface area contributed by atoms with Gasteiger partial charge in [-0.2, -0.15) is 0 Å². The van der Waals surface area contributed by atoms with Crippen LogP contribution in [-0.2, 0) is 4.79 Å². The van der Waals surface area contributed by atoms with Crippen LogP contribution in [-0.4, -0.2) is 68.0 Å². The molecule has 7 nitrogen and oxygen atoms in total. The lowest BCUT2D eigenvalue weighted by molar-refractivity contribution is -0.124. The van der Waals surface area contributed by atoms with Gasteiger partial charge in [0.1, 0.15) is 0 Å². The third-order valence-electron chi connectivity index (χ3n) is 5.75. The summed E-state index contributed by atoms with van der Waals surface area (Å²) in [5.74, 6) is 0.936. The molecule has 0 spiro atoms. The second-order valence-electron chi connectivity index (χ2n) is 7.76. The van der Waals surface area contributed by atoms with Crippen LogP contribution in [0.2, 0.25) is 0 Å². The van der Waals surface area contributed by atoms with Gasteiger partial charge in [-0.1, -0.05) is 24.3 Å². The summed E-state index contributed by atoms with van der Waals surface area (Å²) in [6.45, 7) is 5.75. The molecule has 2 amide bonds. The van der Waals surface area contributed by atoms with Crippen molar-refractivity contribution in [2.75, 3.05) is 52.0 Å². The molecule has 2 aromatic carbocycles. The van der Waals surface area contributed by atoms with Crippen LogP contribution in [0.1, 0.15) is 11.1 Å². The summed E-state index contributed by atoms with van der Waals surface area (Å²) in [5, 5.41) is -0.233. The highest BCUT2D eigenvalue weighted by molar-refractivity contribution is 8.18. The number of hydrogen-bond donors (Lipinski definition) is 0. The number of thioether (sulfide) groups is 1. The molecule has 32 heavy (non-hydrogen) atoms. The number of anilines is 1. The number of piperazine rings is 1. The minimum Gasteiger partial charge on any atom is -0.493 e. The Kier molecular flexibility index (Phi) is 6.72. The number of rotatable bonds is 6. The monoisotopic (exact) mass is 453 g/mol. The lowest BCUT2D eigenvalue weighted by Crippen LogP contribution is -2.51. The molecule has 0 unspecified atom stereocenters. The normalized spacial score (nSPS) is 18.5. The minimum atomic E-state index is -0.254. The van der Waals surface area contributed by atoms with Gasteiger partial charge in [0.25, 0.3) is 11.1 Å². The largest absolute Gasteiger partial charge is 0.493 e. The molecule has 0 aliphatic carbocycles. The van der Waals surface area contributed by atoms with E-state index in [2.05, 4.69) is 34.9 Å². The first-order valence-electron chi connectivity index (χ1n) is 10.5. The van der Waals surface area contributed by atoms with Gasteiger partial charge in [0.15, 0.2) is 11.5 Å². The maximum atomic E-state index is 12.9. The van der Waals surface area contributed by atoms with Crippen LogP contribution in [0.15, 0.2) is 47.4 Å². The fourth-order valence-corrected chi connectivity index (χ4v) is 4.80. The van der Waals surface area contributed by atoms with Gasteiger partial charge in [0.2, 0.25) is 0 Å². The summed E-state index contributed by atoms with van der Waals surface area (Å²) in [6.07, 6.45) is 1.73. The van der Waals surface area contributed by atoms with E-state index < -0.39 is 0 Å². The van der Waals surface area contributed by atoms with Crippen LogP contribution in [0.25, 0.3) is 6.08 Å². The molecule has 2 aromatic rings. The Morgan fingerprint density at radius 2 is 1.69 bits per heavy atom. The molecule has 168 valence electrons. The summed E-state index contributed by atoms with van der Waals surface area (Å²) in [5.41, 5.74) is 3.28. The number of carbonyl (C=O) groups excluding carboxylic acids is 2. The Hall–Kier alpha value is -2.97. The highest BCUT2D eigenvalue weighted by Gasteiger charge is 2.36. The lowest BCUT2D eigenvalue weighted by atomic mass is 10.1. The van der Waals surface area contributed by atoms with Gasteiger partial charge in [-0.25, -0.2) is 0 Å². The summed E-state index contributed by atoms with van der Waals surface area (Å²) in [6, 6.07) is 13.8. The molecule has 8 heteroatoms. The van der Waals surface area contributed by atoms with Crippen LogP contribution >= 0.6 is 11.8 Å². The fraction of sp³-hybridized carbons (Fsp3) is 0.333. The third kappa shape index (κ3) is 4.61. The fourth-order valence-electron chi connectivity index (χ4n) is 3.96. The van der Waals surface area contributed by atoms with E-state index in [0.717, 1.165) is 43.5 Å². The molecule has 0 aromatic heterocycles. The highest BCUT2D eigenvalue weighted by Crippen LogP contribution is 2.34. The number of nitrogens with zero attached hydrogens (tertiary/aromatic N) is 3. The number of amides is 2. The minimum absolute atomic E-state index is 0.233. The van der Waals surface area contributed by atoms with Crippen molar-refractivity contribution in [1.82, 2.24) is 9.80 Å². The maximum absolute atomic E-state index is 12.9. The van der Waals surface area contributed by atoms with Crippen molar-refractivity contribution in [3.05, 3.63) is 58.5 Å². The predicted octanol–water partition coefficient (Wildman–Crippen LogP) is 3.83. The molecule has 0 radical (unpaired) electrons. The lowest BCUT2D eigenvalue weighted by Gasteiger charge is -2.37. The van der Waals surface area contributed by atoms with Crippen molar-refractivity contribution in [3.63, 3.8) is 0 Å². The molecule has 2 aliphatic rings. The molecule has 0 N–H and O–H groups in total. The predicted molar refractivity (Wildman–Crippen MR) is 127 cm³/mol. The van der Waals surface area contributed by atoms with Crippen LogP contribution in [0.5, 0.6) is 11.5 Å². The number of benzene rings is 2. The Bertz CT molecular complexity index is 1050. The second-order valence-corrected chi connectivity index (χ2v) is 8.75. The second kappa shape index (κ2) is 9.67. The average molecular weight is 454 g/mol. The van der Waals surface area contributed by atoms with Gasteiger partial charge in [0, 0.05) is 31.9 Å². The van der Waals surface area contributed by atoms with E-state index in [4.69, 9.17) is 9.47 Å². The summed E-state index contributed by atoms with van der Waals surface area (Å²) in [7, 11) is 3.14. The standard InChI is InChI=1S/C24H27N3O4S/c1-17-6-4-5-7-19(17)26-12-10-25(11-13-26)16-27-23(28)22(32-24(27)29)15-18-8-9-20(30-2)21(14-18)31-3/h4-9,14-15H,10-13,16H2,1-3H3. The molecule has 0 bridgehead atoms. The topological polar surface area (TPSA) is 62.3 Å². The SMILES string of the molecule is COc1ccc(C=C2SC(=O)N(CN3CCN(c4ccccc4C)CC3)C2=O)cc1OC. The number of carbonyl (C=O) groups is 2. The first-order valence-corrected chi connectivity index (χ1v) is 11.3. The van der Waals surface area contributed by atoms with Gasteiger partial charge in [-0.15, -0.1) is 0 Å². The average Bonchev–Trinajstić information content (AvgIpc) is 3.07. The number of methoxy groups -OCH3 is 2. The number of para-hydroxylation sites is 1. The Labute approximate surface area is 192 Å². The van der Waals surface area contributed by atoms with Crippen LogP contribution in [0.4, 0.5) is 10.5 Å². The molecular weight excluding hydrogens is 426 g/mol. The number of aryl methyl sites for hydroxylation is 1. The molecule has 0 atom stereocenters. The van der Waals surface area contributed by atoms with Gasteiger partial charge >= 0.3 is 0 Å². The van der Waals surface area contributed by atoms with Crippen LogP contribution in [0.3, 0.4) is 0 Å². The number of hydrogen-bond acceptors (Lipinski definition) is 7. The van der Waals surface area contributed by atoms with Crippen molar-refractivity contribution >= 4 is 34.7 Å². The molecule has 2 heterocycles. The van der Waals surface area contributed by atoms with Crippen molar-refractivity contribution in [1.29, 1.82) is 0 Å². The van der Waals surface area contributed by atoms with Crippen molar-refractivity contribution in [3.8, 4) is 11.5 Å². The smallest absolute Gasteiger partial charge is 0.294 e. The molecule has 2 saturated heterocycles. The first-order chi connectivity index (χ1) is 15.5. The zero-order chi connectivity index (χ0) is 22.7. The van der Waals surface area contributed by atoms with E-state index in [-0.39, 0.29) is 11.1 Å². The summed E-state index contributed by atoms with van der Waals surface area (Å²) < 4.78 is 10.6. The van der Waals surface area contributed by atoms with Gasteiger partial charge in [-0.05, 0) is 54.1 Å². The highest BCUT2D eigenvalue weighted by atomic mass is 32.2. The first kappa shape index (κ1) is 22.2. The van der Waals surface area contributed by atoms with Gasteiger partial charge < -0.3 is 14.4 Å². The van der Waals surface area contributed by atoms with Gasteiger partial charge in [0.05, 0.1) is 25.8 Å². The maximum Gasteiger partial charge on any atom is 0.294 e. The van der Waals surface area contributed by atoms with E-state index in [1.165, 1.54) is 16.2 Å². The Morgan fingerprint density at radius 3 is 2.38 bits per heavy atom. The third-order valence-corrected chi connectivity index (χ3v) is 6.66. The molecule has 4 rings (SSSR count). The Balaban J connectivity index is 1.40. The van der Waals surface area contributed by atoms with Crippen molar-refractivity contribution < 1.29 is 19.1 Å². The van der Waals surface area contributed by atoms with E-state index in [1.807, 2.05) is 12.1 Å². The van der Waals surface area contributed by atoms with Crippen molar-refractivity contribution in [2.24, 2.45) is 0 Å². The zero-order valence-corrected chi connectivity index (χ0v) is 19.4. The summed E-state index contributed by atoms with van der Waals surface area (Å²) >= 11 is 0.977. The van der Waals surface area contributed by atoms with E-state index in [9.17, 15) is 9.59 Å². The number of ether oxygens (including phenoxy) is 2.